The Morgan fingerprint density at radius 2 is 1.93 bits per heavy atom. The number of Topliss-reactive ketones (excluding diaryl/α,β-unsaturated/α-hetero) is 1. The van der Waals surface area contributed by atoms with Gasteiger partial charge in [0.15, 0.2) is 12.4 Å². The van der Waals surface area contributed by atoms with Gasteiger partial charge in [0, 0.05) is 11.1 Å². The van der Waals surface area contributed by atoms with E-state index < -0.39 is 0 Å². The van der Waals surface area contributed by atoms with E-state index in [1.54, 1.807) is 18.2 Å². The highest BCUT2D eigenvalue weighted by molar-refractivity contribution is 8.00. The molecule has 1 aliphatic rings. The number of benzene rings is 2. The first-order chi connectivity index (χ1) is 14.0. The van der Waals surface area contributed by atoms with Crippen molar-refractivity contribution in [2.24, 2.45) is 0 Å². The minimum Gasteiger partial charge on any atom is -0.482 e. The molecule has 1 atom stereocenters. The highest BCUT2D eigenvalue weighted by Gasteiger charge is 2.22. The Morgan fingerprint density at radius 3 is 2.72 bits per heavy atom. The quantitative estimate of drug-likeness (QED) is 0.390. The summed E-state index contributed by atoms with van der Waals surface area (Å²) in [5.74, 6) is 0.951. The molecule has 6 nitrogen and oxygen atoms in total. The lowest BCUT2D eigenvalue weighted by atomic mass is 10.1. The molecule has 146 valence electrons. The number of ketones is 1. The van der Waals surface area contributed by atoms with Crippen LogP contribution in [0.4, 0.5) is 5.69 Å². The number of hydrogen-bond donors (Lipinski definition) is 1. The maximum atomic E-state index is 12.9. The first kappa shape index (κ1) is 19.1. The predicted molar refractivity (Wildman–Crippen MR) is 112 cm³/mol. The monoisotopic (exact) mass is 405 g/mol. The van der Waals surface area contributed by atoms with E-state index in [0.717, 1.165) is 16.3 Å². The van der Waals surface area contributed by atoms with E-state index in [0.29, 0.717) is 22.8 Å². The number of aromatic nitrogens is 2. The molecule has 0 bridgehead atoms. The van der Waals surface area contributed by atoms with Crippen molar-refractivity contribution >= 4 is 29.1 Å². The summed E-state index contributed by atoms with van der Waals surface area (Å²) in [5.41, 5.74) is 2.87. The number of thioether (sulfide) groups is 1. The van der Waals surface area contributed by atoms with Gasteiger partial charge >= 0.3 is 0 Å². The molecule has 29 heavy (non-hydrogen) atoms. The smallest absolute Gasteiger partial charge is 0.262 e. The Balaban J connectivity index is 1.54. The Labute approximate surface area is 172 Å². The molecule has 0 saturated carbocycles. The van der Waals surface area contributed by atoms with Crippen LogP contribution in [0.25, 0.3) is 11.3 Å². The van der Waals surface area contributed by atoms with Crippen LogP contribution in [0.3, 0.4) is 0 Å². The van der Waals surface area contributed by atoms with Gasteiger partial charge < -0.3 is 10.1 Å². The molecular formula is C22H19N3O3S. The number of amides is 1. The second-order valence-electron chi connectivity index (χ2n) is 6.68. The van der Waals surface area contributed by atoms with E-state index in [2.05, 4.69) is 15.3 Å². The fourth-order valence-corrected chi connectivity index (χ4v) is 4.03. The molecule has 1 unspecified atom stereocenters. The van der Waals surface area contributed by atoms with E-state index in [-0.39, 0.29) is 23.5 Å². The zero-order valence-corrected chi connectivity index (χ0v) is 16.8. The van der Waals surface area contributed by atoms with Gasteiger partial charge in [-0.15, -0.1) is 0 Å². The number of rotatable bonds is 5. The highest BCUT2D eigenvalue weighted by Crippen LogP contribution is 2.31. The van der Waals surface area contributed by atoms with Crippen LogP contribution >= 0.6 is 11.8 Å². The van der Waals surface area contributed by atoms with Gasteiger partial charge in [-0.2, -0.15) is 0 Å². The second kappa shape index (κ2) is 8.05. The lowest BCUT2D eigenvalue weighted by Gasteiger charge is -2.19. The van der Waals surface area contributed by atoms with Gasteiger partial charge in [-0.3, -0.25) is 9.59 Å². The van der Waals surface area contributed by atoms with Crippen LogP contribution in [0.5, 0.6) is 5.75 Å². The van der Waals surface area contributed by atoms with Crippen LogP contribution < -0.4 is 10.1 Å². The fraction of sp³-hybridized carbons (Fsp3) is 0.182. The van der Waals surface area contributed by atoms with Crippen LogP contribution in [0.1, 0.15) is 23.1 Å². The summed E-state index contributed by atoms with van der Waals surface area (Å²) in [6.07, 6.45) is 0. The van der Waals surface area contributed by atoms with Crippen LogP contribution in [-0.2, 0) is 4.79 Å². The largest absolute Gasteiger partial charge is 0.482 e. The van der Waals surface area contributed by atoms with Crippen LogP contribution in [0, 0.1) is 6.92 Å². The molecule has 0 aliphatic carbocycles. The standard InChI is InChI=1S/C22H19N3O3S/c1-13(22(27)16-8-9-19-18(10-16)25-20(26)12-28-19)29-21-11-17(23-14(2)24-21)15-6-4-3-5-7-15/h3-11,13H,12H2,1-2H3,(H,25,26). The SMILES string of the molecule is Cc1nc(SC(C)C(=O)c2ccc3c(c2)NC(=O)CO3)cc(-c2ccccc2)n1. The molecule has 0 saturated heterocycles. The van der Waals surface area contributed by atoms with Gasteiger partial charge in [-0.05, 0) is 38.1 Å². The van der Waals surface area contributed by atoms with E-state index in [9.17, 15) is 9.59 Å². The Bertz CT molecular complexity index is 1090. The van der Waals surface area contributed by atoms with E-state index >= 15 is 0 Å². The van der Waals surface area contributed by atoms with Gasteiger partial charge in [0.05, 0.1) is 16.6 Å². The van der Waals surface area contributed by atoms with E-state index in [1.165, 1.54) is 11.8 Å². The molecule has 0 fully saturated rings. The Hall–Kier alpha value is -3.19. The maximum absolute atomic E-state index is 12.9. The van der Waals surface area contributed by atoms with Gasteiger partial charge in [-0.25, -0.2) is 9.97 Å². The highest BCUT2D eigenvalue weighted by atomic mass is 32.2. The fourth-order valence-electron chi connectivity index (χ4n) is 3.06. The maximum Gasteiger partial charge on any atom is 0.262 e. The lowest BCUT2D eigenvalue weighted by molar-refractivity contribution is -0.118. The third-order valence-corrected chi connectivity index (χ3v) is 5.47. The van der Waals surface area contributed by atoms with Gasteiger partial charge in [-0.1, -0.05) is 42.1 Å². The number of anilines is 1. The minimum absolute atomic E-state index is 0.0106. The van der Waals surface area contributed by atoms with Crippen molar-refractivity contribution in [2.45, 2.75) is 24.1 Å². The molecule has 1 aromatic heterocycles. The molecule has 2 heterocycles. The molecule has 0 spiro atoms. The van der Waals surface area contributed by atoms with Crippen LogP contribution in [0.15, 0.2) is 59.6 Å². The van der Waals surface area contributed by atoms with Crippen molar-refractivity contribution < 1.29 is 14.3 Å². The molecule has 4 rings (SSSR count). The third-order valence-electron chi connectivity index (χ3n) is 4.45. The molecule has 1 amide bonds. The number of nitrogens with zero attached hydrogens (tertiary/aromatic N) is 2. The Kier molecular flexibility index (Phi) is 5.31. The molecular weight excluding hydrogens is 386 g/mol. The molecule has 3 aromatic rings. The summed E-state index contributed by atoms with van der Waals surface area (Å²) in [5, 5.41) is 3.12. The Morgan fingerprint density at radius 1 is 1.14 bits per heavy atom. The predicted octanol–water partition coefficient (Wildman–Crippen LogP) is 4.15. The average Bonchev–Trinajstić information content (AvgIpc) is 2.72. The number of hydrogen-bond acceptors (Lipinski definition) is 6. The van der Waals surface area contributed by atoms with E-state index in [4.69, 9.17) is 4.74 Å². The molecule has 1 aliphatic heterocycles. The molecule has 2 aromatic carbocycles. The van der Waals surface area contributed by atoms with Crippen LogP contribution in [-0.4, -0.2) is 33.5 Å². The molecule has 1 N–H and O–H groups in total. The van der Waals surface area contributed by atoms with Crippen molar-refractivity contribution in [2.75, 3.05) is 11.9 Å². The van der Waals surface area contributed by atoms with E-state index in [1.807, 2.05) is 50.2 Å². The zero-order chi connectivity index (χ0) is 20.4. The number of fused-ring (bicyclic) bond motifs is 1. The average molecular weight is 405 g/mol. The van der Waals surface area contributed by atoms with Crippen molar-refractivity contribution in [3.8, 4) is 17.0 Å². The van der Waals surface area contributed by atoms with Crippen molar-refractivity contribution in [1.29, 1.82) is 0 Å². The van der Waals surface area contributed by atoms with Gasteiger partial charge in [0.25, 0.3) is 5.91 Å². The first-order valence-corrected chi connectivity index (χ1v) is 10.1. The topological polar surface area (TPSA) is 81.2 Å². The summed E-state index contributed by atoms with van der Waals surface area (Å²) in [6, 6.07) is 16.9. The summed E-state index contributed by atoms with van der Waals surface area (Å²) < 4.78 is 5.35. The molecule has 0 radical (unpaired) electrons. The summed E-state index contributed by atoms with van der Waals surface area (Å²) >= 11 is 1.39. The number of aryl methyl sites for hydroxylation is 1. The molecule has 7 heteroatoms. The minimum atomic E-state index is -0.355. The summed E-state index contributed by atoms with van der Waals surface area (Å²) in [4.78, 5) is 33.4. The normalized spacial score (nSPS) is 13.8. The van der Waals surface area contributed by atoms with Crippen molar-refractivity contribution in [3.63, 3.8) is 0 Å². The van der Waals surface area contributed by atoms with Crippen LogP contribution in [0.2, 0.25) is 0 Å². The third kappa shape index (κ3) is 4.30. The number of carbonyl (C=O) groups excluding carboxylic acids is 2. The summed E-state index contributed by atoms with van der Waals surface area (Å²) in [7, 11) is 0. The number of nitrogens with one attached hydrogen (secondary N) is 1. The number of carbonyl (C=O) groups is 2. The number of ether oxygens (including phenoxy) is 1. The zero-order valence-electron chi connectivity index (χ0n) is 16.0. The summed E-state index contributed by atoms with van der Waals surface area (Å²) in [6.45, 7) is 3.68. The first-order valence-electron chi connectivity index (χ1n) is 9.18. The second-order valence-corrected chi connectivity index (χ2v) is 8.04. The van der Waals surface area contributed by atoms with Gasteiger partial charge in [0.1, 0.15) is 16.6 Å². The lowest BCUT2D eigenvalue weighted by Crippen LogP contribution is -2.25. The van der Waals surface area contributed by atoms with Crippen molar-refractivity contribution in [1.82, 2.24) is 9.97 Å². The van der Waals surface area contributed by atoms with Crippen molar-refractivity contribution in [3.05, 3.63) is 66.0 Å². The van der Waals surface area contributed by atoms with Gasteiger partial charge in [0.2, 0.25) is 0 Å².